The van der Waals surface area contributed by atoms with E-state index >= 15 is 0 Å². The van der Waals surface area contributed by atoms with Crippen LogP contribution in [0.5, 0.6) is 11.5 Å². The molecule has 0 amide bonds. The van der Waals surface area contributed by atoms with Crippen LogP contribution in [0.3, 0.4) is 0 Å². The lowest BCUT2D eigenvalue weighted by Crippen LogP contribution is -2.14. The molecule has 0 aromatic heterocycles. The minimum atomic E-state index is -2.47. The van der Waals surface area contributed by atoms with E-state index in [1.54, 1.807) is 19.2 Å². The molecule has 2 aromatic carbocycles. The van der Waals surface area contributed by atoms with E-state index in [2.05, 4.69) is 12.1 Å². The SMILES string of the molecule is [2H]C([2H])([2H])Oc1ccc(C2CCc3cc(OCOC)ccc3C2)c(N)c1. The van der Waals surface area contributed by atoms with Crippen molar-refractivity contribution in [1.29, 1.82) is 0 Å². The fraction of sp³-hybridized carbons (Fsp3) is 0.368. The molecule has 0 radical (unpaired) electrons. The van der Waals surface area contributed by atoms with Crippen molar-refractivity contribution in [3.05, 3.63) is 53.1 Å². The molecule has 122 valence electrons. The molecule has 3 rings (SSSR count). The second-order valence-electron chi connectivity index (χ2n) is 5.81. The van der Waals surface area contributed by atoms with Crippen molar-refractivity contribution < 1.29 is 18.3 Å². The molecule has 0 saturated heterocycles. The summed E-state index contributed by atoms with van der Waals surface area (Å²) >= 11 is 0. The smallest absolute Gasteiger partial charge is 0.188 e. The van der Waals surface area contributed by atoms with Gasteiger partial charge in [-0.1, -0.05) is 12.1 Å². The zero-order valence-corrected chi connectivity index (χ0v) is 13.2. The molecule has 0 saturated carbocycles. The molecule has 2 aromatic rings. The molecule has 23 heavy (non-hydrogen) atoms. The largest absolute Gasteiger partial charge is 0.497 e. The standard InChI is InChI=1S/C19H23NO3/c1-21-12-23-17-6-5-13-9-15(4-3-14(13)10-17)18-8-7-16(22-2)11-19(18)20/h5-8,10-11,15H,3-4,9,12,20H2,1-2H3/i2D3. The lowest BCUT2D eigenvalue weighted by atomic mass is 9.79. The summed E-state index contributed by atoms with van der Waals surface area (Å²) in [5.74, 6) is 1.38. The summed E-state index contributed by atoms with van der Waals surface area (Å²) in [4.78, 5) is 0. The van der Waals surface area contributed by atoms with Gasteiger partial charge in [0.15, 0.2) is 6.79 Å². The number of ether oxygens (including phenoxy) is 3. The van der Waals surface area contributed by atoms with E-state index in [9.17, 15) is 0 Å². The third-order valence-electron chi connectivity index (χ3n) is 4.37. The summed E-state index contributed by atoms with van der Waals surface area (Å²) in [6.45, 7) is 0.239. The number of nitrogens with two attached hydrogens (primary N) is 1. The monoisotopic (exact) mass is 316 g/mol. The Morgan fingerprint density at radius 1 is 1.17 bits per heavy atom. The van der Waals surface area contributed by atoms with E-state index in [1.165, 1.54) is 11.1 Å². The van der Waals surface area contributed by atoms with Crippen molar-refractivity contribution in [1.82, 2.24) is 0 Å². The lowest BCUT2D eigenvalue weighted by Gasteiger charge is -2.26. The zero-order valence-electron chi connectivity index (χ0n) is 16.2. The fourth-order valence-corrected chi connectivity index (χ4v) is 3.20. The third-order valence-corrected chi connectivity index (χ3v) is 4.37. The first-order valence-electron chi connectivity index (χ1n) is 9.17. The second-order valence-corrected chi connectivity index (χ2v) is 5.81. The average Bonchev–Trinajstić information content (AvgIpc) is 2.58. The molecule has 0 aliphatic heterocycles. The minimum Gasteiger partial charge on any atom is -0.497 e. The Balaban J connectivity index is 1.74. The Kier molecular flexibility index (Phi) is 3.69. The van der Waals surface area contributed by atoms with Gasteiger partial charge in [0.25, 0.3) is 0 Å². The van der Waals surface area contributed by atoms with Crippen LogP contribution in [0.1, 0.15) is 33.1 Å². The highest BCUT2D eigenvalue weighted by Crippen LogP contribution is 2.37. The van der Waals surface area contributed by atoms with Crippen molar-refractivity contribution in [3.63, 3.8) is 0 Å². The predicted molar refractivity (Wildman–Crippen MR) is 91.1 cm³/mol. The Bertz CT molecular complexity index is 777. The summed E-state index contributed by atoms with van der Waals surface area (Å²) in [6, 6.07) is 11.3. The highest BCUT2D eigenvalue weighted by molar-refractivity contribution is 5.54. The second kappa shape index (κ2) is 6.92. The van der Waals surface area contributed by atoms with E-state index < -0.39 is 7.04 Å². The summed E-state index contributed by atoms with van der Waals surface area (Å²) in [7, 11) is -0.873. The maximum atomic E-state index is 7.18. The van der Waals surface area contributed by atoms with Gasteiger partial charge >= 0.3 is 0 Å². The van der Waals surface area contributed by atoms with Crippen LogP contribution >= 0.6 is 0 Å². The van der Waals surface area contributed by atoms with Crippen molar-refractivity contribution in [3.8, 4) is 11.5 Å². The maximum absolute atomic E-state index is 7.18. The number of fused-ring (bicyclic) bond motifs is 1. The van der Waals surface area contributed by atoms with E-state index in [1.807, 2.05) is 12.1 Å². The van der Waals surface area contributed by atoms with E-state index in [-0.39, 0.29) is 12.5 Å². The normalized spacial score (nSPS) is 19.2. The number of hydrogen-bond donors (Lipinski definition) is 1. The van der Waals surface area contributed by atoms with Gasteiger partial charge < -0.3 is 19.9 Å². The number of benzene rings is 2. The van der Waals surface area contributed by atoms with Gasteiger partial charge in [0, 0.05) is 18.9 Å². The number of anilines is 1. The van der Waals surface area contributed by atoms with Gasteiger partial charge in [-0.2, -0.15) is 0 Å². The molecule has 0 heterocycles. The van der Waals surface area contributed by atoms with Gasteiger partial charge in [-0.15, -0.1) is 0 Å². The highest BCUT2D eigenvalue weighted by atomic mass is 16.7. The molecule has 1 aliphatic carbocycles. The van der Waals surface area contributed by atoms with E-state index in [4.69, 9.17) is 24.1 Å². The quantitative estimate of drug-likeness (QED) is 0.677. The van der Waals surface area contributed by atoms with Gasteiger partial charge in [-0.05, 0) is 60.1 Å². The number of hydrogen-bond acceptors (Lipinski definition) is 4. The minimum absolute atomic E-state index is 0.239. The molecule has 2 N–H and O–H groups in total. The van der Waals surface area contributed by atoms with Crippen LogP contribution in [-0.2, 0) is 17.6 Å². The Labute approximate surface area is 141 Å². The van der Waals surface area contributed by atoms with Crippen molar-refractivity contribution >= 4 is 5.69 Å². The molecule has 0 spiro atoms. The first-order valence-corrected chi connectivity index (χ1v) is 7.67. The molecule has 0 bridgehead atoms. The van der Waals surface area contributed by atoms with Gasteiger partial charge in [0.2, 0.25) is 0 Å². The van der Waals surface area contributed by atoms with Crippen molar-refractivity contribution in [2.24, 2.45) is 0 Å². The molecule has 4 heteroatoms. The van der Waals surface area contributed by atoms with Crippen molar-refractivity contribution in [2.45, 2.75) is 25.2 Å². The van der Waals surface area contributed by atoms with Crippen LogP contribution < -0.4 is 15.2 Å². The summed E-state index contributed by atoms with van der Waals surface area (Å²) in [5, 5.41) is 0. The maximum Gasteiger partial charge on any atom is 0.188 e. The Morgan fingerprint density at radius 2 is 2.04 bits per heavy atom. The van der Waals surface area contributed by atoms with E-state index in [0.717, 1.165) is 30.6 Å². The van der Waals surface area contributed by atoms with Gasteiger partial charge in [0.05, 0.1) is 11.2 Å². The lowest BCUT2D eigenvalue weighted by molar-refractivity contribution is 0.0510. The number of nitrogen functional groups attached to an aromatic ring is 1. The molecule has 1 atom stereocenters. The highest BCUT2D eigenvalue weighted by Gasteiger charge is 2.22. The Hall–Kier alpha value is -2.20. The van der Waals surface area contributed by atoms with Gasteiger partial charge in [0.1, 0.15) is 11.5 Å². The predicted octanol–water partition coefficient (Wildman–Crippen LogP) is 3.53. The van der Waals surface area contributed by atoms with Crippen LogP contribution in [0, 0.1) is 0 Å². The topological polar surface area (TPSA) is 53.7 Å². The molecule has 1 aliphatic rings. The Morgan fingerprint density at radius 3 is 2.83 bits per heavy atom. The number of methoxy groups -OCH3 is 2. The van der Waals surface area contributed by atoms with Gasteiger partial charge in [-0.25, -0.2) is 0 Å². The van der Waals surface area contributed by atoms with Crippen LogP contribution in [0.4, 0.5) is 5.69 Å². The summed E-state index contributed by atoms with van der Waals surface area (Å²) in [5.41, 5.74) is 10.4. The molecular weight excluding hydrogens is 290 g/mol. The van der Waals surface area contributed by atoms with Crippen LogP contribution in [0.15, 0.2) is 36.4 Å². The summed E-state index contributed by atoms with van der Waals surface area (Å²) < 4.78 is 36.9. The van der Waals surface area contributed by atoms with Crippen LogP contribution in [0.2, 0.25) is 0 Å². The third kappa shape index (κ3) is 3.42. The fourth-order valence-electron chi connectivity index (χ4n) is 3.20. The zero-order chi connectivity index (χ0) is 18.7. The number of rotatable bonds is 5. The van der Waals surface area contributed by atoms with Crippen LogP contribution in [-0.4, -0.2) is 20.9 Å². The summed E-state index contributed by atoms with van der Waals surface area (Å²) in [6.07, 6.45) is 2.81. The molecule has 0 fully saturated rings. The van der Waals surface area contributed by atoms with Crippen molar-refractivity contribution in [2.75, 3.05) is 26.7 Å². The first-order chi connectivity index (χ1) is 12.4. The first kappa shape index (κ1) is 12.3. The van der Waals surface area contributed by atoms with Gasteiger partial charge in [-0.3, -0.25) is 0 Å². The van der Waals surface area contributed by atoms with Crippen LogP contribution in [0.25, 0.3) is 0 Å². The molecular formula is C19H23NO3. The molecule has 4 nitrogen and oxygen atoms in total. The average molecular weight is 316 g/mol. The molecule has 1 unspecified atom stereocenters. The van der Waals surface area contributed by atoms with E-state index in [0.29, 0.717) is 11.6 Å². The number of aryl methyl sites for hydroxylation is 1.